The van der Waals surface area contributed by atoms with Gasteiger partial charge in [0, 0.05) is 24.2 Å². The Balaban J connectivity index is 1.77. The van der Waals surface area contributed by atoms with Crippen molar-refractivity contribution in [1.29, 1.82) is 0 Å². The molecule has 1 saturated carbocycles. The van der Waals surface area contributed by atoms with Crippen LogP contribution < -0.4 is 10.4 Å². The summed E-state index contributed by atoms with van der Waals surface area (Å²) in [7, 11) is 1.59. The van der Waals surface area contributed by atoms with Gasteiger partial charge in [0.2, 0.25) is 0 Å². The van der Waals surface area contributed by atoms with E-state index in [1.807, 2.05) is 17.5 Å². The number of ether oxygens (including phenoxy) is 1. The second kappa shape index (κ2) is 5.62. The van der Waals surface area contributed by atoms with Crippen molar-refractivity contribution in [2.75, 3.05) is 0 Å². The topological polar surface area (TPSA) is 74.8 Å². The van der Waals surface area contributed by atoms with E-state index in [2.05, 4.69) is 21.5 Å². The van der Waals surface area contributed by atoms with Crippen LogP contribution in [0, 0.1) is 0 Å². The lowest BCUT2D eigenvalue weighted by molar-refractivity contribution is 0.302. The molecule has 0 bridgehead atoms. The molecule has 0 unspecified atom stereocenters. The Morgan fingerprint density at radius 1 is 1.35 bits per heavy atom. The number of thiazole rings is 1. The van der Waals surface area contributed by atoms with Crippen LogP contribution in [0.3, 0.4) is 0 Å². The summed E-state index contributed by atoms with van der Waals surface area (Å²) in [6.45, 7) is 0.360. The predicted octanol–water partition coefficient (Wildman–Crippen LogP) is 1.88. The van der Waals surface area contributed by atoms with Crippen molar-refractivity contribution >= 4 is 11.3 Å². The summed E-state index contributed by atoms with van der Waals surface area (Å²) < 4.78 is 8.34. The SMILES string of the molecule is Cn1nnn(-c2cccc(C3CC3)c2COc2nccs2)c1=O. The minimum Gasteiger partial charge on any atom is -0.465 e. The van der Waals surface area contributed by atoms with Gasteiger partial charge in [0.15, 0.2) is 0 Å². The summed E-state index contributed by atoms with van der Waals surface area (Å²) in [5.74, 6) is 0.539. The average molecular weight is 329 g/mol. The fraction of sp³-hybridized carbons (Fsp3) is 0.333. The van der Waals surface area contributed by atoms with Gasteiger partial charge >= 0.3 is 5.69 Å². The lowest BCUT2D eigenvalue weighted by Gasteiger charge is -2.13. The lowest BCUT2D eigenvalue weighted by Crippen LogP contribution is -2.23. The molecule has 1 aromatic carbocycles. The molecule has 118 valence electrons. The number of benzene rings is 1. The van der Waals surface area contributed by atoms with Crippen LogP contribution in [-0.4, -0.2) is 24.8 Å². The first kappa shape index (κ1) is 14.1. The molecule has 2 heterocycles. The zero-order chi connectivity index (χ0) is 15.8. The standard InChI is InChI=1S/C15H15N5O2S/c1-19-15(21)20(18-17-19)13-4-2-3-11(10-5-6-10)12(13)9-22-14-16-7-8-23-14/h2-4,7-8,10H,5-6,9H2,1H3. The lowest BCUT2D eigenvalue weighted by atomic mass is 10.0. The minimum atomic E-state index is -0.270. The Morgan fingerprint density at radius 2 is 2.22 bits per heavy atom. The fourth-order valence-corrected chi connectivity index (χ4v) is 3.09. The van der Waals surface area contributed by atoms with Gasteiger partial charge in [-0.3, -0.25) is 0 Å². The van der Waals surface area contributed by atoms with Crippen LogP contribution in [-0.2, 0) is 13.7 Å². The third kappa shape index (κ3) is 2.65. The van der Waals surface area contributed by atoms with E-state index in [1.165, 1.54) is 39.1 Å². The Kier molecular flexibility index (Phi) is 3.45. The molecule has 0 saturated heterocycles. The van der Waals surface area contributed by atoms with Gasteiger partial charge in [-0.1, -0.05) is 23.5 Å². The smallest absolute Gasteiger partial charge is 0.368 e. The second-order valence-electron chi connectivity index (χ2n) is 5.50. The fourth-order valence-electron chi connectivity index (χ4n) is 2.60. The molecule has 1 aliphatic carbocycles. The van der Waals surface area contributed by atoms with Gasteiger partial charge in [-0.05, 0) is 40.8 Å². The van der Waals surface area contributed by atoms with Crippen molar-refractivity contribution < 1.29 is 4.74 Å². The third-order valence-electron chi connectivity index (χ3n) is 3.90. The Morgan fingerprint density at radius 3 is 2.87 bits per heavy atom. The summed E-state index contributed by atoms with van der Waals surface area (Å²) in [6, 6.07) is 5.93. The van der Waals surface area contributed by atoms with Gasteiger partial charge in [-0.15, -0.1) is 0 Å². The summed E-state index contributed by atoms with van der Waals surface area (Å²) >= 11 is 1.45. The molecule has 1 aliphatic rings. The van der Waals surface area contributed by atoms with Crippen molar-refractivity contribution in [3.63, 3.8) is 0 Å². The molecule has 1 fully saturated rings. The number of hydrogen-bond donors (Lipinski definition) is 0. The highest BCUT2D eigenvalue weighted by Crippen LogP contribution is 2.43. The molecule has 8 heteroatoms. The van der Waals surface area contributed by atoms with Crippen LogP contribution >= 0.6 is 11.3 Å². The minimum absolute atomic E-state index is 0.270. The molecule has 0 amide bonds. The number of rotatable bonds is 5. The Hall–Kier alpha value is -2.48. The summed E-state index contributed by atoms with van der Waals surface area (Å²) in [5, 5.41) is 10.3. The molecule has 7 nitrogen and oxygen atoms in total. The monoisotopic (exact) mass is 329 g/mol. The maximum atomic E-state index is 12.2. The van der Waals surface area contributed by atoms with Crippen molar-refractivity contribution in [1.82, 2.24) is 24.8 Å². The van der Waals surface area contributed by atoms with Crippen LogP contribution in [0.15, 0.2) is 34.6 Å². The average Bonchev–Trinajstić information content (AvgIpc) is 3.18. The molecule has 3 aromatic rings. The van der Waals surface area contributed by atoms with Gasteiger partial charge < -0.3 is 4.74 Å². The maximum absolute atomic E-state index is 12.2. The van der Waals surface area contributed by atoms with E-state index in [4.69, 9.17) is 4.74 Å². The Bertz CT molecular complexity index is 880. The normalized spacial score (nSPS) is 14.1. The van der Waals surface area contributed by atoms with Gasteiger partial charge in [0.1, 0.15) is 6.61 Å². The van der Waals surface area contributed by atoms with Gasteiger partial charge in [-0.25, -0.2) is 9.78 Å². The van der Waals surface area contributed by atoms with Crippen LogP contribution in [0.2, 0.25) is 0 Å². The van der Waals surface area contributed by atoms with E-state index < -0.39 is 0 Å². The molecule has 2 aromatic heterocycles. The van der Waals surface area contributed by atoms with E-state index in [1.54, 1.807) is 13.2 Å². The first-order chi connectivity index (χ1) is 11.2. The Labute approximate surface area is 136 Å². The highest BCUT2D eigenvalue weighted by Gasteiger charge is 2.28. The molecule has 0 radical (unpaired) electrons. The van der Waals surface area contributed by atoms with E-state index in [0.29, 0.717) is 17.7 Å². The van der Waals surface area contributed by atoms with Crippen molar-refractivity contribution in [2.24, 2.45) is 7.05 Å². The van der Waals surface area contributed by atoms with E-state index in [9.17, 15) is 4.79 Å². The number of tetrazole rings is 1. The quantitative estimate of drug-likeness (QED) is 0.714. The third-order valence-corrected chi connectivity index (χ3v) is 4.59. The molecule has 4 rings (SSSR count). The molecule has 0 aliphatic heterocycles. The van der Waals surface area contributed by atoms with Crippen molar-refractivity contribution in [3.05, 3.63) is 51.4 Å². The van der Waals surface area contributed by atoms with E-state index in [-0.39, 0.29) is 5.69 Å². The van der Waals surface area contributed by atoms with Crippen molar-refractivity contribution in [2.45, 2.75) is 25.4 Å². The van der Waals surface area contributed by atoms with Crippen LogP contribution in [0.4, 0.5) is 0 Å². The van der Waals surface area contributed by atoms with Gasteiger partial charge in [0.25, 0.3) is 5.19 Å². The summed E-state index contributed by atoms with van der Waals surface area (Å²) in [6.07, 6.45) is 4.05. The first-order valence-corrected chi connectivity index (χ1v) is 8.25. The van der Waals surface area contributed by atoms with Crippen LogP contribution in [0.5, 0.6) is 5.19 Å². The van der Waals surface area contributed by atoms with Crippen molar-refractivity contribution in [3.8, 4) is 10.9 Å². The van der Waals surface area contributed by atoms with Crippen LogP contribution in [0.25, 0.3) is 5.69 Å². The molecule has 0 atom stereocenters. The van der Waals surface area contributed by atoms with E-state index in [0.717, 1.165) is 11.3 Å². The largest absolute Gasteiger partial charge is 0.465 e. The molecule has 23 heavy (non-hydrogen) atoms. The number of aromatic nitrogens is 5. The molecular weight excluding hydrogens is 314 g/mol. The first-order valence-electron chi connectivity index (χ1n) is 7.37. The second-order valence-corrected chi connectivity index (χ2v) is 6.36. The summed E-state index contributed by atoms with van der Waals surface area (Å²) in [4.78, 5) is 16.3. The zero-order valence-electron chi connectivity index (χ0n) is 12.5. The molecular formula is C15H15N5O2S. The molecule has 0 N–H and O–H groups in total. The number of nitrogens with zero attached hydrogens (tertiary/aromatic N) is 5. The number of aryl methyl sites for hydroxylation is 1. The molecule has 0 spiro atoms. The zero-order valence-corrected chi connectivity index (χ0v) is 13.4. The van der Waals surface area contributed by atoms with Crippen LogP contribution in [0.1, 0.15) is 29.9 Å². The highest BCUT2D eigenvalue weighted by atomic mass is 32.1. The summed E-state index contributed by atoms with van der Waals surface area (Å²) in [5.41, 5.74) is 2.65. The van der Waals surface area contributed by atoms with E-state index >= 15 is 0 Å². The predicted molar refractivity (Wildman–Crippen MR) is 85.0 cm³/mol. The number of hydrogen-bond acceptors (Lipinski definition) is 6. The highest BCUT2D eigenvalue weighted by molar-refractivity contribution is 7.11. The maximum Gasteiger partial charge on any atom is 0.368 e. The van der Waals surface area contributed by atoms with Gasteiger partial charge in [0.05, 0.1) is 5.69 Å². The van der Waals surface area contributed by atoms with Gasteiger partial charge in [-0.2, -0.15) is 9.36 Å².